The van der Waals surface area contributed by atoms with Crippen LogP contribution in [0, 0.1) is 24.2 Å². The van der Waals surface area contributed by atoms with Crippen molar-refractivity contribution < 1.29 is 14.7 Å². The van der Waals surface area contributed by atoms with Crippen molar-refractivity contribution in [1.82, 2.24) is 0 Å². The van der Waals surface area contributed by atoms with Gasteiger partial charge in [0.05, 0.1) is 11.1 Å². The Kier molecular flexibility index (Phi) is 3.65. The summed E-state index contributed by atoms with van der Waals surface area (Å²) in [5, 5.41) is 8.74. The predicted molar refractivity (Wildman–Crippen MR) is 76.0 cm³/mol. The third kappa shape index (κ3) is 2.59. The molecule has 0 aromatic heterocycles. The molecule has 2 rings (SSSR count). The van der Waals surface area contributed by atoms with Crippen LogP contribution in [0.25, 0.3) is 0 Å². The number of carbonyl (C=O) groups is 2. The molecule has 20 heavy (non-hydrogen) atoms. The molecule has 1 saturated heterocycles. The van der Waals surface area contributed by atoms with Crippen LogP contribution in [0.3, 0.4) is 0 Å². The van der Waals surface area contributed by atoms with Crippen LogP contribution in [0.5, 0.6) is 0 Å². The van der Waals surface area contributed by atoms with Gasteiger partial charge in [-0.1, -0.05) is 25.7 Å². The third-order valence-corrected chi connectivity index (χ3v) is 3.26. The van der Waals surface area contributed by atoms with Crippen LogP contribution < -0.4 is 4.90 Å². The minimum atomic E-state index is -0.655. The first-order valence-corrected chi connectivity index (χ1v) is 6.44. The number of aliphatic hydroxyl groups excluding tert-OH is 1. The van der Waals surface area contributed by atoms with Gasteiger partial charge in [0.2, 0.25) is 11.8 Å². The molecule has 0 bridgehead atoms. The Labute approximate surface area is 118 Å². The number of nitrogens with zero attached hydrogens (tertiary/aromatic N) is 1. The molecule has 1 aromatic carbocycles. The first-order chi connectivity index (χ1) is 9.35. The molecule has 2 amide bonds. The number of anilines is 1. The summed E-state index contributed by atoms with van der Waals surface area (Å²) in [7, 11) is 0. The van der Waals surface area contributed by atoms with Crippen molar-refractivity contribution >= 4 is 17.5 Å². The van der Waals surface area contributed by atoms with Crippen LogP contribution in [0.4, 0.5) is 5.69 Å². The molecule has 104 valence electrons. The second-order valence-electron chi connectivity index (χ2n) is 5.61. The highest BCUT2D eigenvalue weighted by Gasteiger charge is 2.45. The Morgan fingerprint density at radius 2 is 2.00 bits per heavy atom. The second-order valence-corrected chi connectivity index (χ2v) is 5.61. The van der Waals surface area contributed by atoms with Gasteiger partial charge in [-0.25, -0.2) is 0 Å². The first kappa shape index (κ1) is 14.3. The number of aliphatic hydroxyl groups is 1. The quantitative estimate of drug-likeness (QED) is 0.624. The van der Waals surface area contributed by atoms with E-state index in [4.69, 9.17) is 5.11 Å². The van der Waals surface area contributed by atoms with Crippen molar-refractivity contribution in [2.75, 3.05) is 11.5 Å². The summed E-state index contributed by atoms with van der Waals surface area (Å²) in [6, 6.07) is 5.34. The highest BCUT2D eigenvalue weighted by Crippen LogP contribution is 2.35. The Morgan fingerprint density at radius 1 is 1.30 bits per heavy atom. The van der Waals surface area contributed by atoms with Crippen LogP contribution in [0.15, 0.2) is 18.2 Å². The average molecular weight is 271 g/mol. The fourth-order valence-electron chi connectivity index (χ4n) is 2.32. The minimum absolute atomic E-state index is 0.186. The summed E-state index contributed by atoms with van der Waals surface area (Å²) in [4.78, 5) is 25.6. The molecule has 4 nitrogen and oxygen atoms in total. The predicted octanol–water partition coefficient (Wildman–Crippen LogP) is 1.63. The molecule has 0 aliphatic carbocycles. The van der Waals surface area contributed by atoms with Crippen LogP contribution in [0.2, 0.25) is 0 Å². The lowest BCUT2D eigenvalue weighted by atomic mass is 9.92. The van der Waals surface area contributed by atoms with E-state index < -0.39 is 5.41 Å². The molecule has 1 fully saturated rings. The molecule has 0 saturated carbocycles. The van der Waals surface area contributed by atoms with Gasteiger partial charge in [-0.3, -0.25) is 14.5 Å². The fraction of sp³-hybridized carbons (Fsp3) is 0.375. The van der Waals surface area contributed by atoms with E-state index >= 15 is 0 Å². The molecule has 4 heteroatoms. The van der Waals surface area contributed by atoms with Gasteiger partial charge in [-0.2, -0.15) is 0 Å². The molecule has 0 radical (unpaired) electrons. The molecule has 0 unspecified atom stereocenters. The Morgan fingerprint density at radius 3 is 2.55 bits per heavy atom. The monoisotopic (exact) mass is 271 g/mol. The van der Waals surface area contributed by atoms with Crippen molar-refractivity contribution in [3.05, 3.63) is 29.3 Å². The molecule has 0 atom stereocenters. The molecule has 0 spiro atoms. The smallest absolute Gasteiger partial charge is 0.239 e. The van der Waals surface area contributed by atoms with Crippen LogP contribution >= 0.6 is 0 Å². The zero-order valence-corrected chi connectivity index (χ0v) is 11.9. The fourth-order valence-corrected chi connectivity index (χ4v) is 2.32. The Bertz CT molecular complexity index is 635. The maximum atomic E-state index is 12.3. The van der Waals surface area contributed by atoms with Gasteiger partial charge in [-0.05, 0) is 30.7 Å². The van der Waals surface area contributed by atoms with Gasteiger partial charge in [0, 0.05) is 12.0 Å². The molecule has 1 aromatic rings. The van der Waals surface area contributed by atoms with E-state index in [1.165, 1.54) is 4.90 Å². The molecule has 1 heterocycles. The van der Waals surface area contributed by atoms with Crippen molar-refractivity contribution in [2.24, 2.45) is 5.41 Å². The molecule has 1 aliphatic heterocycles. The maximum Gasteiger partial charge on any atom is 0.239 e. The first-order valence-electron chi connectivity index (χ1n) is 6.44. The average Bonchev–Trinajstić information content (AvgIpc) is 2.55. The van der Waals surface area contributed by atoms with E-state index in [1.807, 2.05) is 13.0 Å². The van der Waals surface area contributed by atoms with Gasteiger partial charge in [0.25, 0.3) is 0 Å². The zero-order valence-electron chi connectivity index (χ0n) is 11.9. The number of carbonyl (C=O) groups excluding carboxylic acids is 2. The maximum absolute atomic E-state index is 12.3. The summed E-state index contributed by atoms with van der Waals surface area (Å²) in [6.07, 6.45) is 0.220. The van der Waals surface area contributed by atoms with Gasteiger partial charge in [0.1, 0.15) is 6.61 Å². The van der Waals surface area contributed by atoms with Gasteiger partial charge in [-0.15, -0.1) is 0 Å². The van der Waals surface area contributed by atoms with Crippen LogP contribution in [-0.4, -0.2) is 23.5 Å². The zero-order chi connectivity index (χ0) is 14.9. The molecule has 1 N–H and O–H groups in total. The minimum Gasteiger partial charge on any atom is -0.384 e. The van der Waals surface area contributed by atoms with E-state index in [-0.39, 0.29) is 24.8 Å². The van der Waals surface area contributed by atoms with Crippen LogP contribution in [0.1, 0.15) is 31.4 Å². The lowest BCUT2D eigenvalue weighted by Crippen LogP contribution is -2.33. The number of rotatable bonds is 1. The van der Waals surface area contributed by atoms with Crippen molar-refractivity contribution in [1.29, 1.82) is 0 Å². The molecule has 1 aliphatic rings. The van der Waals surface area contributed by atoms with Gasteiger partial charge < -0.3 is 5.11 Å². The highest BCUT2D eigenvalue weighted by atomic mass is 16.2. The summed E-state index contributed by atoms with van der Waals surface area (Å²) >= 11 is 0. The highest BCUT2D eigenvalue weighted by molar-refractivity contribution is 6.22. The number of benzene rings is 1. The summed E-state index contributed by atoms with van der Waals surface area (Å²) in [5.74, 6) is 4.99. The topological polar surface area (TPSA) is 57.6 Å². The number of amides is 2. The standard InChI is InChI=1S/C16H17NO3/c1-11-7-12(5-4-6-18)9-13(8-11)17-14(19)10-16(2,3)15(17)20/h7-9,18H,6,10H2,1-3H3. The summed E-state index contributed by atoms with van der Waals surface area (Å²) in [6.45, 7) is 5.20. The second kappa shape index (κ2) is 5.10. The normalized spacial score (nSPS) is 17.1. The number of imide groups is 1. The van der Waals surface area contributed by atoms with Crippen molar-refractivity contribution in [2.45, 2.75) is 27.2 Å². The van der Waals surface area contributed by atoms with Crippen molar-refractivity contribution in [3.63, 3.8) is 0 Å². The van der Waals surface area contributed by atoms with Gasteiger partial charge in [0.15, 0.2) is 0 Å². The lowest BCUT2D eigenvalue weighted by molar-refractivity contribution is -0.124. The van der Waals surface area contributed by atoms with E-state index in [9.17, 15) is 9.59 Å². The van der Waals surface area contributed by atoms with E-state index in [1.54, 1.807) is 26.0 Å². The van der Waals surface area contributed by atoms with E-state index in [0.717, 1.165) is 5.56 Å². The summed E-state index contributed by atoms with van der Waals surface area (Å²) < 4.78 is 0. The summed E-state index contributed by atoms with van der Waals surface area (Å²) in [5.41, 5.74) is 1.49. The van der Waals surface area contributed by atoms with E-state index in [0.29, 0.717) is 11.3 Å². The number of hydrogen-bond acceptors (Lipinski definition) is 3. The largest absolute Gasteiger partial charge is 0.384 e. The molecular formula is C16H17NO3. The Balaban J connectivity index is 2.45. The Hall–Kier alpha value is -2.12. The number of hydrogen-bond donors (Lipinski definition) is 1. The third-order valence-electron chi connectivity index (χ3n) is 3.26. The van der Waals surface area contributed by atoms with Gasteiger partial charge >= 0.3 is 0 Å². The lowest BCUT2D eigenvalue weighted by Gasteiger charge is -2.18. The van der Waals surface area contributed by atoms with Crippen molar-refractivity contribution in [3.8, 4) is 11.8 Å². The number of aryl methyl sites for hydroxylation is 1. The van der Waals surface area contributed by atoms with Crippen LogP contribution in [-0.2, 0) is 9.59 Å². The SMILES string of the molecule is Cc1cc(C#CCO)cc(N2C(=O)CC(C)(C)C2=O)c1. The van der Waals surface area contributed by atoms with E-state index in [2.05, 4.69) is 11.8 Å². The molecular weight excluding hydrogens is 254 g/mol.